The minimum Gasteiger partial charge on any atom is -0.490 e. The van der Waals surface area contributed by atoms with E-state index in [1.54, 1.807) is 0 Å². The summed E-state index contributed by atoms with van der Waals surface area (Å²) in [5.41, 5.74) is 6.48. The number of aliphatic hydroxyl groups is 1. The van der Waals surface area contributed by atoms with Gasteiger partial charge in [0.05, 0.1) is 5.60 Å². The van der Waals surface area contributed by atoms with Crippen molar-refractivity contribution in [3.05, 3.63) is 29.8 Å². The molecule has 0 saturated heterocycles. The average Bonchev–Trinajstić information content (AvgIpc) is 2.45. The van der Waals surface area contributed by atoms with E-state index in [1.807, 2.05) is 24.3 Å². The van der Waals surface area contributed by atoms with Crippen molar-refractivity contribution < 1.29 is 9.84 Å². The molecule has 3 heteroatoms. The van der Waals surface area contributed by atoms with Crippen LogP contribution in [0.25, 0.3) is 0 Å². The average molecular weight is 263 g/mol. The van der Waals surface area contributed by atoms with Crippen LogP contribution in [0.3, 0.4) is 0 Å². The maximum atomic E-state index is 10.5. The second-order valence-electron chi connectivity index (χ2n) is 5.63. The Morgan fingerprint density at radius 1 is 1.26 bits per heavy atom. The van der Waals surface area contributed by atoms with E-state index in [-0.39, 0.29) is 6.04 Å². The largest absolute Gasteiger partial charge is 0.490 e. The first kappa shape index (κ1) is 14.4. The molecular formula is C16H25NO2. The summed E-state index contributed by atoms with van der Waals surface area (Å²) >= 11 is 0. The Morgan fingerprint density at radius 3 is 2.63 bits per heavy atom. The number of nitrogens with two attached hydrogens (primary N) is 1. The Bertz CT molecular complexity index is 399. The van der Waals surface area contributed by atoms with Gasteiger partial charge in [0.1, 0.15) is 12.4 Å². The maximum absolute atomic E-state index is 10.5. The monoisotopic (exact) mass is 263 g/mol. The lowest BCUT2D eigenvalue weighted by Gasteiger charge is -2.32. The van der Waals surface area contributed by atoms with Gasteiger partial charge in [-0.1, -0.05) is 44.4 Å². The quantitative estimate of drug-likeness (QED) is 0.858. The molecule has 1 aliphatic carbocycles. The van der Waals surface area contributed by atoms with E-state index in [4.69, 9.17) is 10.5 Å². The number of ether oxygens (including phenoxy) is 1. The molecule has 1 aromatic carbocycles. The fraction of sp³-hybridized carbons (Fsp3) is 0.625. The van der Waals surface area contributed by atoms with Gasteiger partial charge in [-0.05, 0) is 25.3 Å². The molecule has 1 aliphatic rings. The predicted octanol–water partition coefficient (Wildman–Crippen LogP) is 3.17. The molecular weight excluding hydrogens is 238 g/mol. The Kier molecular flexibility index (Phi) is 4.83. The number of hydrogen-bond donors (Lipinski definition) is 2. The van der Waals surface area contributed by atoms with Crippen LogP contribution in [0.1, 0.15) is 57.1 Å². The van der Waals surface area contributed by atoms with Crippen LogP contribution in [0.2, 0.25) is 0 Å². The first-order valence-electron chi connectivity index (χ1n) is 7.34. The Labute approximate surface area is 115 Å². The normalized spacial score (nSPS) is 19.9. The second-order valence-corrected chi connectivity index (χ2v) is 5.63. The van der Waals surface area contributed by atoms with Crippen LogP contribution in [0.4, 0.5) is 0 Å². The van der Waals surface area contributed by atoms with Gasteiger partial charge in [0, 0.05) is 11.6 Å². The molecule has 0 aromatic heterocycles. The van der Waals surface area contributed by atoms with Crippen molar-refractivity contribution in [3.63, 3.8) is 0 Å². The van der Waals surface area contributed by atoms with Crippen LogP contribution in [0.5, 0.6) is 5.75 Å². The van der Waals surface area contributed by atoms with Gasteiger partial charge in [-0.2, -0.15) is 0 Å². The lowest BCUT2D eigenvalue weighted by atomic mass is 9.85. The lowest BCUT2D eigenvalue weighted by molar-refractivity contribution is -0.0341. The van der Waals surface area contributed by atoms with Crippen molar-refractivity contribution in [2.75, 3.05) is 6.61 Å². The minimum absolute atomic E-state index is 0.00259. The first-order chi connectivity index (χ1) is 9.14. The Balaban J connectivity index is 2.02. The molecule has 0 unspecified atom stereocenters. The fourth-order valence-electron chi connectivity index (χ4n) is 2.70. The number of hydrogen-bond acceptors (Lipinski definition) is 3. The predicted molar refractivity (Wildman–Crippen MR) is 77.2 cm³/mol. The molecule has 1 atom stereocenters. The van der Waals surface area contributed by atoms with Gasteiger partial charge < -0.3 is 15.6 Å². The standard InChI is InChI=1S/C16H25NO2/c1-2-14(17)13-8-4-5-9-15(13)19-12-16(18)10-6-3-7-11-16/h4-5,8-9,14,18H,2-3,6-7,10-12,17H2,1H3/t14-/m1/s1. The van der Waals surface area contributed by atoms with Crippen LogP contribution in [0, 0.1) is 0 Å². The molecule has 0 heterocycles. The van der Waals surface area contributed by atoms with Crippen LogP contribution in [0.15, 0.2) is 24.3 Å². The van der Waals surface area contributed by atoms with E-state index in [2.05, 4.69) is 6.92 Å². The molecule has 0 aliphatic heterocycles. The summed E-state index contributed by atoms with van der Waals surface area (Å²) in [7, 11) is 0. The zero-order chi connectivity index (χ0) is 13.7. The van der Waals surface area contributed by atoms with Gasteiger partial charge in [0.2, 0.25) is 0 Å². The van der Waals surface area contributed by atoms with Crippen molar-refractivity contribution in [2.24, 2.45) is 5.73 Å². The SMILES string of the molecule is CC[C@@H](N)c1ccccc1OCC1(O)CCCCC1. The van der Waals surface area contributed by atoms with Crippen LogP contribution in [-0.2, 0) is 0 Å². The zero-order valence-corrected chi connectivity index (χ0v) is 11.8. The zero-order valence-electron chi connectivity index (χ0n) is 11.8. The summed E-state index contributed by atoms with van der Waals surface area (Å²) in [5.74, 6) is 0.816. The van der Waals surface area contributed by atoms with E-state index in [0.717, 1.165) is 43.4 Å². The van der Waals surface area contributed by atoms with Gasteiger partial charge in [0.25, 0.3) is 0 Å². The van der Waals surface area contributed by atoms with Crippen molar-refractivity contribution in [1.82, 2.24) is 0 Å². The molecule has 19 heavy (non-hydrogen) atoms. The third-order valence-corrected chi connectivity index (χ3v) is 4.04. The lowest BCUT2D eigenvalue weighted by Crippen LogP contribution is -2.38. The number of rotatable bonds is 5. The van der Waals surface area contributed by atoms with Gasteiger partial charge in [-0.3, -0.25) is 0 Å². The molecule has 0 amide bonds. The van der Waals surface area contributed by atoms with E-state index in [9.17, 15) is 5.11 Å². The first-order valence-corrected chi connectivity index (χ1v) is 7.34. The molecule has 1 fully saturated rings. The highest BCUT2D eigenvalue weighted by molar-refractivity contribution is 5.35. The number of benzene rings is 1. The molecule has 3 nitrogen and oxygen atoms in total. The summed E-state index contributed by atoms with van der Waals surface area (Å²) in [5, 5.41) is 10.5. The van der Waals surface area contributed by atoms with E-state index in [0.29, 0.717) is 6.61 Å². The molecule has 2 rings (SSSR count). The molecule has 1 saturated carbocycles. The van der Waals surface area contributed by atoms with Crippen LogP contribution >= 0.6 is 0 Å². The smallest absolute Gasteiger partial charge is 0.124 e. The van der Waals surface area contributed by atoms with Crippen molar-refractivity contribution >= 4 is 0 Å². The van der Waals surface area contributed by atoms with Crippen molar-refractivity contribution in [2.45, 2.75) is 57.1 Å². The summed E-state index contributed by atoms with van der Waals surface area (Å²) < 4.78 is 5.87. The fourth-order valence-corrected chi connectivity index (χ4v) is 2.70. The molecule has 106 valence electrons. The van der Waals surface area contributed by atoms with E-state index in [1.165, 1.54) is 6.42 Å². The summed E-state index contributed by atoms with van der Waals surface area (Å²) in [6, 6.07) is 7.88. The van der Waals surface area contributed by atoms with Gasteiger partial charge in [-0.25, -0.2) is 0 Å². The van der Waals surface area contributed by atoms with Crippen LogP contribution in [-0.4, -0.2) is 17.3 Å². The van der Waals surface area contributed by atoms with E-state index >= 15 is 0 Å². The number of para-hydroxylation sites is 1. The molecule has 0 bridgehead atoms. The van der Waals surface area contributed by atoms with Crippen molar-refractivity contribution in [1.29, 1.82) is 0 Å². The highest BCUT2D eigenvalue weighted by Crippen LogP contribution is 2.31. The molecule has 1 aromatic rings. The van der Waals surface area contributed by atoms with Crippen LogP contribution < -0.4 is 10.5 Å². The van der Waals surface area contributed by atoms with Gasteiger partial charge in [-0.15, -0.1) is 0 Å². The third-order valence-electron chi connectivity index (χ3n) is 4.04. The second kappa shape index (κ2) is 6.40. The highest BCUT2D eigenvalue weighted by atomic mass is 16.5. The van der Waals surface area contributed by atoms with Gasteiger partial charge in [0.15, 0.2) is 0 Å². The maximum Gasteiger partial charge on any atom is 0.124 e. The van der Waals surface area contributed by atoms with Gasteiger partial charge >= 0.3 is 0 Å². The molecule has 0 radical (unpaired) electrons. The van der Waals surface area contributed by atoms with Crippen molar-refractivity contribution in [3.8, 4) is 5.75 Å². The highest BCUT2D eigenvalue weighted by Gasteiger charge is 2.30. The third kappa shape index (κ3) is 3.71. The Morgan fingerprint density at radius 2 is 1.95 bits per heavy atom. The Hall–Kier alpha value is -1.06. The van der Waals surface area contributed by atoms with E-state index < -0.39 is 5.60 Å². The molecule has 3 N–H and O–H groups in total. The summed E-state index contributed by atoms with van der Waals surface area (Å²) in [6.45, 7) is 2.44. The summed E-state index contributed by atoms with van der Waals surface area (Å²) in [4.78, 5) is 0. The molecule has 0 spiro atoms. The summed E-state index contributed by atoms with van der Waals surface area (Å²) in [6.07, 6.45) is 5.97. The minimum atomic E-state index is -0.651. The topological polar surface area (TPSA) is 55.5 Å².